The van der Waals surface area contributed by atoms with E-state index in [1.807, 2.05) is 43.3 Å². The maximum atomic E-state index is 14.0. The van der Waals surface area contributed by atoms with Crippen LogP contribution in [0.3, 0.4) is 0 Å². The number of furan rings is 1. The zero-order valence-corrected chi connectivity index (χ0v) is 14.9. The smallest absolute Gasteiger partial charge is 0.231 e. The summed E-state index contributed by atoms with van der Waals surface area (Å²) in [6.07, 6.45) is 1.43. The van der Waals surface area contributed by atoms with E-state index in [2.05, 4.69) is 15.3 Å². The van der Waals surface area contributed by atoms with Gasteiger partial charge in [-0.05, 0) is 43.3 Å². The molecule has 2 aromatic heterocycles. The molecule has 27 heavy (non-hydrogen) atoms. The molecule has 0 saturated carbocycles. The lowest BCUT2D eigenvalue weighted by Gasteiger charge is -2.15. The molecule has 6 heteroatoms. The van der Waals surface area contributed by atoms with Gasteiger partial charge in [0.05, 0.1) is 18.5 Å². The van der Waals surface area contributed by atoms with Crippen LogP contribution in [0, 0.1) is 5.82 Å². The highest BCUT2D eigenvalue weighted by atomic mass is 19.1. The highest BCUT2D eigenvalue weighted by Gasteiger charge is 2.16. The zero-order valence-electron chi connectivity index (χ0n) is 14.9. The van der Waals surface area contributed by atoms with Crippen molar-refractivity contribution in [2.45, 2.75) is 13.0 Å². The number of halogens is 1. The normalized spacial score (nSPS) is 12.1. The largest absolute Gasteiger partial charge is 0.497 e. The molecule has 2 aromatic carbocycles. The van der Waals surface area contributed by atoms with Crippen LogP contribution in [0.15, 0.2) is 65.3 Å². The lowest BCUT2D eigenvalue weighted by molar-refractivity contribution is 0.415. The number of rotatable bonds is 5. The second-order valence-corrected chi connectivity index (χ2v) is 6.17. The Labute approximate surface area is 155 Å². The van der Waals surface area contributed by atoms with Gasteiger partial charge in [0.2, 0.25) is 5.71 Å². The van der Waals surface area contributed by atoms with Crippen molar-refractivity contribution >= 4 is 16.9 Å². The number of hydrogen-bond acceptors (Lipinski definition) is 5. The Morgan fingerprint density at radius 2 is 1.85 bits per heavy atom. The molecule has 2 heterocycles. The fraction of sp³-hybridized carbons (Fsp3) is 0.143. The molecule has 0 aliphatic rings. The number of benzene rings is 2. The van der Waals surface area contributed by atoms with Gasteiger partial charge >= 0.3 is 0 Å². The number of methoxy groups -OCH3 is 1. The molecule has 4 rings (SSSR count). The van der Waals surface area contributed by atoms with Gasteiger partial charge in [0, 0.05) is 11.1 Å². The van der Waals surface area contributed by atoms with Gasteiger partial charge in [0.15, 0.2) is 0 Å². The van der Waals surface area contributed by atoms with E-state index >= 15 is 0 Å². The molecule has 0 radical (unpaired) electrons. The van der Waals surface area contributed by atoms with E-state index < -0.39 is 0 Å². The molecule has 0 aliphatic carbocycles. The number of anilines is 1. The molecular weight excluding hydrogens is 345 g/mol. The minimum atomic E-state index is -0.261. The van der Waals surface area contributed by atoms with E-state index in [4.69, 9.17) is 9.15 Å². The van der Waals surface area contributed by atoms with Crippen molar-refractivity contribution in [2.75, 3.05) is 12.4 Å². The summed E-state index contributed by atoms with van der Waals surface area (Å²) in [5.74, 6) is 1.79. The first-order chi connectivity index (χ1) is 13.2. The third-order valence-electron chi connectivity index (χ3n) is 4.43. The summed E-state index contributed by atoms with van der Waals surface area (Å²) in [5.41, 5.74) is 1.95. The van der Waals surface area contributed by atoms with Crippen molar-refractivity contribution in [3.63, 3.8) is 0 Å². The molecule has 136 valence electrons. The third-order valence-corrected chi connectivity index (χ3v) is 4.43. The minimum absolute atomic E-state index is 0.256. The van der Waals surface area contributed by atoms with Crippen LogP contribution >= 0.6 is 0 Å². The van der Waals surface area contributed by atoms with E-state index in [1.165, 1.54) is 12.4 Å². The summed E-state index contributed by atoms with van der Waals surface area (Å²) in [6.45, 7) is 1.89. The number of hydrogen-bond donors (Lipinski definition) is 1. The topological polar surface area (TPSA) is 60.2 Å². The summed E-state index contributed by atoms with van der Waals surface area (Å²) < 4.78 is 25.1. The lowest BCUT2D eigenvalue weighted by atomic mass is 10.1. The second-order valence-electron chi connectivity index (χ2n) is 6.17. The van der Waals surface area contributed by atoms with Crippen LogP contribution in [0.4, 0.5) is 10.2 Å². The molecular formula is C21H18FN3O2. The molecule has 0 unspecified atom stereocenters. The van der Waals surface area contributed by atoms with E-state index in [1.54, 1.807) is 19.2 Å². The third kappa shape index (κ3) is 3.33. The first kappa shape index (κ1) is 17.0. The van der Waals surface area contributed by atoms with Crippen molar-refractivity contribution in [3.8, 4) is 17.1 Å². The predicted octanol–water partition coefficient (Wildman–Crippen LogP) is 5.21. The van der Waals surface area contributed by atoms with Crippen LogP contribution in [0.5, 0.6) is 5.75 Å². The highest BCUT2D eigenvalue weighted by Crippen LogP contribution is 2.32. The van der Waals surface area contributed by atoms with Gasteiger partial charge in [-0.2, -0.15) is 0 Å². The lowest BCUT2D eigenvalue weighted by Crippen LogP contribution is -2.10. The average molecular weight is 363 g/mol. The highest BCUT2D eigenvalue weighted by molar-refractivity contribution is 5.89. The number of aromatic nitrogens is 2. The Morgan fingerprint density at radius 3 is 2.59 bits per heavy atom. The standard InChI is InChI=1S/C21H18FN3O2/c1-13(16-5-3-4-6-18(16)22)25-20-17-11-19(27-21(17)24-12-23-20)14-7-9-15(26-2)10-8-14/h3-13H,1-2H3,(H,23,24,25)/t13-/m1/s1. The van der Waals surface area contributed by atoms with Crippen molar-refractivity contribution in [3.05, 3.63) is 72.3 Å². The minimum Gasteiger partial charge on any atom is -0.497 e. The second kappa shape index (κ2) is 7.07. The van der Waals surface area contributed by atoms with Crippen LogP contribution in [-0.4, -0.2) is 17.1 Å². The Bertz CT molecular complexity index is 1080. The van der Waals surface area contributed by atoms with Crippen LogP contribution in [-0.2, 0) is 0 Å². The fourth-order valence-corrected chi connectivity index (χ4v) is 2.98. The van der Waals surface area contributed by atoms with Gasteiger partial charge < -0.3 is 14.5 Å². The first-order valence-electron chi connectivity index (χ1n) is 8.55. The summed E-state index contributed by atoms with van der Waals surface area (Å²) in [4.78, 5) is 8.51. The Balaban J connectivity index is 1.67. The first-order valence-corrected chi connectivity index (χ1v) is 8.55. The van der Waals surface area contributed by atoms with Crippen molar-refractivity contribution in [1.82, 2.24) is 9.97 Å². The van der Waals surface area contributed by atoms with E-state index in [-0.39, 0.29) is 11.9 Å². The molecule has 0 spiro atoms. The van der Waals surface area contributed by atoms with Crippen LogP contribution in [0.2, 0.25) is 0 Å². The number of fused-ring (bicyclic) bond motifs is 1. The fourth-order valence-electron chi connectivity index (χ4n) is 2.98. The van der Waals surface area contributed by atoms with Gasteiger partial charge in [-0.25, -0.2) is 14.4 Å². The Morgan fingerprint density at radius 1 is 1.07 bits per heavy atom. The van der Waals surface area contributed by atoms with Gasteiger partial charge in [-0.15, -0.1) is 0 Å². The zero-order chi connectivity index (χ0) is 18.8. The molecule has 1 atom stereocenters. The molecule has 0 aliphatic heterocycles. The maximum Gasteiger partial charge on any atom is 0.231 e. The van der Waals surface area contributed by atoms with Crippen molar-refractivity contribution in [2.24, 2.45) is 0 Å². The van der Waals surface area contributed by atoms with Crippen molar-refractivity contribution in [1.29, 1.82) is 0 Å². The van der Waals surface area contributed by atoms with Gasteiger partial charge in [0.1, 0.15) is 29.5 Å². The molecule has 4 aromatic rings. The SMILES string of the molecule is COc1ccc(-c2cc3c(N[C@H](C)c4ccccc4F)ncnc3o2)cc1. The average Bonchev–Trinajstić information content (AvgIpc) is 3.14. The molecule has 0 saturated heterocycles. The maximum absolute atomic E-state index is 14.0. The quantitative estimate of drug-likeness (QED) is 0.527. The van der Waals surface area contributed by atoms with Crippen LogP contribution < -0.4 is 10.1 Å². The monoisotopic (exact) mass is 363 g/mol. The molecule has 0 bridgehead atoms. The predicted molar refractivity (Wildman–Crippen MR) is 102 cm³/mol. The summed E-state index contributed by atoms with van der Waals surface area (Å²) in [6, 6.07) is 15.9. The van der Waals surface area contributed by atoms with Gasteiger partial charge in [0.25, 0.3) is 0 Å². The number of nitrogens with zero attached hydrogens (tertiary/aromatic N) is 2. The van der Waals surface area contributed by atoms with E-state index in [9.17, 15) is 4.39 Å². The Kier molecular flexibility index (Phi) is 4.46. The van der Waals surface area contributed by atoms with Gasteiger partial charge in [-0.3, -0.25) is 0 Å². The van der Waals surface area contributed by atoms with Crippen molar-refractivity contribution < 1.29 is 13.5 Å². The summed E-state index contributed by atoms with van der Waals surface area (Å²) in [5, 5.41) is 4.00. The molecule has 1 N–H and O–H groups in total. The van der Waals surface area contributed by atoms with E-state index in [0.29, 0.717) is 22.9 Å². The van der Waals surface area contributed by atoms with Crippen LogP contribution in [0.25, 0.3) is 22.4 Å². The molecule has 0 amide bonds. The summed E-state index contributed by atoms with van der Waals surface area (Å²) >= 11 is 0. The van der Waals surface area contributed by atoms with Crippen LogP contribution in [0.1, 0.15) is 18.5 Å². The van der Waals surface area contributed by atoms with E-state index in [0.717, 1.165) is 16.7 Å². The molecule has 0 fully saturated rings. The Hall–Kier alpha value is -3.41. The summed E-state index contributed by atoms with van der Waals surface area (Å²) in [7, 11) is 1.63. The van der Waals surface area contributed by atoms with Gasteiger partial charge in [-0.1, -0.05) is 18.2 Å². The molecule has 5 nitrogen and oxygen atoms in total. The number of nitrogens with one attached hydrogen (secondary N) is 1. The number of ether oxygens (including phenoxy) is 1.